The molecule has 0 amide bonds. The van der Waals surface area contributed by atoms with E-state index in [1.54, 1.807) is 0 Å². The highest BCUT2D eigenvalue weighted by molar-refractivity contribution is 14.1. The van der Waals surface area contributed by atoms with Gasteiger partial charge in [0.25, 0.3) is 0 Å². The van der Waals surface area contributed by atoms with Crippen LogP contribution in [0.25, 0.3) is 0 Å². The minimum Gasteiger partial charge on any atom is -0.381 e. The quantitative estimate of drug-likeness (QED) is 0.173. The van der Waals surface area contributed by atoms with Crippen molar-refractivity contribution in [1.29, 1.82) is 0 Å². The summed E-state index contributed by atoms with van der Waals surface area (Å²) in [5.41, 5.74) is 9.21. The SMILES string of the molecule is CC(C)c1ccc(Cc2ccc(C(C)(I)c3ccc(CNc4ccccc4)cc3)cc2)cc1. The predicted molar refractivity (Wildman–Crippen MR) is 150 cm³/mol. The zero-order valence-electron chi connectivity index (χ0n) is 19.7. The number of hydrogen-bond acceptors (Lipinski definition) is 1. The minimum atomic E-state index is -0.0689. The van der Waals surface area contributed by atoms with Gasteiger partial charge in [0.05, 0.1) is 3.42 Å². The lowest BCUT2D eigenvalue weighted by atomic mass is 9.91. The molecule has 0 bridgehead atoms. The van der Waals surface area contributed by atoms with Gasteiger partial charge in [-0.25, -0.2) is 0 Å². The smallest absolute Gasteiger partial charge is 0.0690 e. The largest absolute Gasteiger partial charge is 0.381 e. The molecule has 0 saturated heterocycles. The average molecular weight is 546 g/mol. The standard InChI is InChI=1S/C31H32IN/c1-23(2)27-15-9-24(10-16-27)21-25-11-17-28(18-12-25)31(3,32)29-19-13-26(14-20-29)22-33-30-7-5-4-6-8-30/h4-20,23,33H,21-22H2,1-3H3. The number of halogens is 1. The van der Waals surface area contributed by atoms with Gasteiger partial charge in [0.15, 0.2) is 0 Å². The van der Waals surface area contributed by atoms with E-state index in [1.807, 2.05) is 6.07 Å². The first-order chi connectivity index (χ1) is 15.9. The Morgan fingerprint density at radius 2 is 1.15 bits per heavy atom. The average Bonchev–Trinajstić information content (AvgIpc) is 2.84. The second kappa shape index (κ2) is 10.6. The fourth-order valence-electron chi connectivity index (χ4n) is 4.05. The van der Waals surface area contributed by atoms with Crippen molar-refractivity contribution in [2.45, 2.75) is 43.1 Å². The van der Waals surface area contributed by atoms with Gasteiger partial charge < -0.3 is 5.32 Å². The van der Waals surface area contributed by atoms with Gasteiger partial charge in [0.2, 0.25) is 0 Å². The van der Waals surface area contributed by atoms with Crippen LogP contribution in [0, 0.1) is 0 Å². The Bertz CT molecular complexity index is 1140. The Balaban J connectivity index is 1.41. The van der Waals surface area contributed by atoms with Crippen molar-refractivity contribution in [2.75, 3.05) is 5.32 Å². The molecule has 4 aromatic carbocycles. The van der Waals surface area contributed by atoms with Crippen molar-refractivity contribution in [3.63, 3.8) is 0 Å². The summed E-state index contributed by atoms with van der Waals surface area (Å²) < 4.78 is -0.0689. The second-order valence-corrected chi connectivity index (χ2v) is 11.3. The fourth-order valence-corrected chi connectivity index (χ4v) is 4.77. The topological polar surface area (TPSA) is 12.0 Å². The van der Waals surface area contributed by atoms with E-state index in [1.165, 1.54) is 33.4 Å². The lowest BCUT2D eigenvalue weighted by Gasteiger charge is -2.24. The monoisotopic (exact) mass is 545 g/mol. The molecule has 1 unspecified atom stereocenters. The normalized spacial score (nSPS) is 13.0. The molecule has 33 heavy (non-hydrogen) atoms. The van der Waals surface area contributed by atoms with Gasteiger partial charge in [-0.15, -0.1) is 0 Å². The fraction of sp³-hybridized carbons (Fsp3) is 0.226. The Hall–Kier alpha value is -2.59. The molecular formula is C31H32IN. The first-order valence-corrected chi connectivity index (χ1v) is 12.8. The highest BCUT2D eigenvalue weighted by Gasteiger charge is 2.25. The number of anilines is 1. The molecule has 4 aromatic rings. The highest BCUT2D eigenvalue weighted by atomic mass is 127. The summed E-state index contributed by atoms with van der Waals surface area (Å²) in [5, 5.41) is 3.48. The Morgan fingerprint density at radius 3 is 1.67 bits per heavy atom. The molecule has 0 aliphatic heterocycles. The zero-order valence-corrected chi connectivity index (χ0v) is 21.8. The van der Waals surface area contributed by atoms with Crippen LogP contribution in [0.4, 0.5) is 5.69 Å². The van der Waals surface area contributed by atoms with Crippen molar-refractivity contribution < 1.29 is 0 Å². The summed E-state index contributed by atoms with van der Waals surface area (Å²) in [6.07, 6.45) is 0.972. The number of nitrogens with one attached hydrogen (secondary N) is 1. The van der Waals surface area contributed by atoms with Crippen LogP contribution in [0.5, 0.6) is 0 Å². The molecular weight excluding hydrogens is 513 g/mol. The van der Waals surface area contributed by atoms with Crippen LogP contribution in [0.2, 0.25) is 0 Å². The van der Waals surface area contributed by atoms with E-state index < -0.39 is 0 Å². The predicted octanol–water partition coefficient (Wildman–Crippen LogP) is 8.71. The number of alkyl halides is 1. The van der Waals surface area contributed by atoms with Gasteiger partial charge >= 0.3 is 0 Å². The second-order valence-electron chi connectivity index (χ2n) is 9.19. The van der Waals surface area contributed by atoms with Crippen LogP contribution in [0.3, 0.4) is 0 Å². The third kappa shape index (κ3) is 6.05. The summed E-state index contributed by atoms with van der Waals surface area (Å²) in [7, 11) is 0. The molecule has 0 heterocycles. The van der Waals surface area contributed by atoms with Gasteiger partial charge in [0.1, 0.15) is 0 Å². The maximum atomic E-state index is 3.48. The molecule has 1 atom stereocenters. The Labute approximate surface area is 212 Å². The molecule has 0 aliphatic rings. The van der Waals surface area contributed by atoms with E-state index in [4.69, 9.17) is 0 Å². The van der Waals surface area contributed by atoms with Crippen LogP contribution in [0.15, 0.2) is 103 Å². The molecule has 4 rings (SSSR count). The molecule has 0 aromatic heterocycles. The number of hydrogen-bond donors (Lipinski definition) is 1. The van der Waals surface area contributed by atoms with E-state index in [2.05, 4.69) is 146 Å². The van der Waals surface area contributed by atoms with Crippen LogP contribution in [-0.2, 0) is 16.4 Å². The third-order valence-electron chi connectivity index (χ3n) is 6.32. The maximum absolute atomic E-state index is 3.48. The van der Waals surface area contributed by atoms with Gasteiger partial charge in [0, 0.05) is 12.2 Å². The molecule has 0 saturated carbocycles. The van der Waals surface area contributed by atoms with Gasteiger partial charge in [-0.3, -0.25) is 0 Å². The molecule has 0 spiro atoms. The lowest BCUT2D eigenvalue weighted by Crippen LogP contribution is -2.15. The zero-order chi connectivity index (χ0) is 23.3. The third-order valence-corrected chi connectivity index (χ3v) is 7.56. The molecule has 0 aliphatic carbocycles. The van der Waals surface area contributed by atoms with Crippen molar-refractivity contribution >= 4 is 28.3 Å². The Morgan fingerprint density at radius 1 is 0.667 bits per heavy atom. The lowest BCUT2D eigenvalue weighted by molar-refractivity contribution is 0.865. The van der Waals surface area contributed by atoms with Gasteiger partial charge in [-0.1, -0.05) is 127 Å². The summed E-state index contributed by atoms with van der Waals surface area (Å²) in [6, 6.07) is 37.5. The first-order valence-electron chi connectivity index (χ1n) is 11.7. The number of para-hydroxylation sites is 1. The van der Waals surface area contributed by atoms with Crippen LogP contribution in [0.1, 0.15) is 60.1 Å². The van der Waals surface area contributed by atoms with Crippen LogP contribution < -0.4 is 5.32 Å². The van der Waals surface area contributed by atoms with Crippen molar-refractivity contribution in [2.24, 2.45) is 0 Å². The van der Waals surface area contributed by atoms with E-state index in [0.29, 0.717) is 5.92 Å². The number of rotatable bonds is 8. The number of benzene rings is 4. The van der Waals surface area contributed by atoms with E-state index >= 15 is 0 Å². The molecule has 2 heteroatoms. The van der Waals surface area contributed by atoms with Crippen LogP contribution >= 0.6 is 22.6 Å². The van der Waals surface area contributed by atoms with Crippen molar-refractivity contribution in [1.82, 2.24) is 0 Å². The molecule has 0 radical (unpaired) electrons. The van der Waals surface area contributed by atoms with Crippen LogP contribution in [-0.4, -0.2) is 0 Å². The molecule has 1 N–H and O–H groups in total. The molecule has 0 fully saturated rings. The summed E-state index contributed by atoms with van der Waals surface area (Å²) in [6.45, 7) is 7.60. The van der Waals surface area contributed by atoms with Crippen molar-refractivity contribution in [3.8, 4) is 0 Å². The molecule has 1 nitrogen and oxygen atoms in total. The maximum Gasteiger partial charge on any atom is 0.0690 e. The minimum absolute atomic E-state index is 0.0689. The first kappa shape index (κ1) is 23.6. The van der Waals surface area contributed by atoms with E-state index in [0.717, 1.165) is 18.7 Å². The van der Waals surface area contributed by atoms with E-state index in [9.17, 15) is 0 Å². The van der Waals surface area contributed by atoms with E-state index in [-0.39, 0.29) is 3.42 Å². The summed E-state index contributed by atoms with van der Waals surface area (Å²) in [4.78, 5) is 0. The summed E-state index contributed by atoms with van der Waals surface area (Å²) >= 11 is 2.58. The highest BCUT2D eigenvalue weighted by Crippen LogP contribution is 2.39. The summed E-state index contributed by atoms with van der Waals surface area (Å²) in [5.74, 6) is 0.578. The molecule has 168 valence electrons. The van der Waals surface area contributed by atoms with Crippen molar-refractivity contribution in [3.05, 3.63) is 137 Å². The Kier molecular flexibility index (Phi) is 7.54. The van der Waals surface area contributed by atoms with Gasteiger partial charge in [-0.05, 0) is 64.8 Å². The van der Waals surface area contributed by atoms with Gasteiger partial charge in [-0.2, -0.15) is 0 Å².